The Morgan fingerprint density at radius 3 is 2.80 bits per heavy atom. The Morgan fingerprint density at radius 1 is 1.32 bits per heavy atom. The van der Waals surface area contributed by atoms with Gasteiger partial charge in [-0.15, -0.1) is 11.8 Å². The van der Waals surface area contributed by atoms with Gasteiger partial charge in [-0.05, 0) is 38.0 Å². The number of aromatic nitrogens is 2. The van der Waals surface area contributed by atoms with E-state index in [4.69, 9.17) is 19.3 Å². The van der Waals surface area contributed by atoms with Gasteiger partial charge in [0.15, 0.2) is 23.3 Å². The molecule has 0 radical (unpaired) electrons. The Hall–Kier alpha value is -4.49. The van der Waals surface area contributed by atoms with Crippen LogP contribution in [0.25, 0.3) is 0 Å². The summed E-state index contributed by atoms with van der Waals surface area (Å²) >= 11 is 2.06. The van der Waals surface area contributed by atoms with E-state index in [1.165, 1.54) is 23.6 Å². The first-order valence-corrected chi connectivity index (χ1v) is 15.3. The molecule has 3 atom stereocenters. The summed E-state index contributed by atoms with van der Waals surface area (Å²) in [6.07, 6.45) is 2.95. The van der Waals surface area contributed by atoms with Gasteiger partial charge in [0.2, 0.25) is 17.4 Å². The summed E-state index contributed by atoms with van der Waals surface area (Å²) in [7, 11) is 0. The van der Waals surface area contributed by atoms with Gasteiger partial charge in [0.1, 0.15) is 17.1 Å². The van der Waals surface area contributed by atoms with Crippen LogP contribution in [-0.4, -0.2) is 96.6 Å². The fourth-order valence-electron chi connectivity index (χ4n) is 5.41. The molecule has 17 nitrogen and oxygen atoms in total. The molecule has 2 aromatic heterocycles. The lowest BCUT2D eigenvalue weighted by molar-refractivity contribution is -0.153. The van der Waals surface area contributed by atoms with Crippen molar-refractivity contribution < 1.29 is 38.0 Å². The number of hydrogen-bond donors (Lipinski definition) is 4. The van der Waals surface area contributed by atoms with Gasteiger partial charge in [-0.25, -0.2) is 9.59 Å². The second-order valence-electron chi connectivity index (χ2n) is 10.2. The number of nitrogens with two attached hydrogens (primary N) is 1. The Bertz CT molecular complexity index is 1690. The Kier molecular flexibility index (Phi) is 7.99. The Labute approximate surface area is 256 Å². The molecule has 5 N–H and O–H groups in total. The minimum atomic E-state index is -1.09. The van der Waals surface area contributed by atoms with Crippen LogP contribution in [-0.2, 0) is 30.5 Å². The van der Waals surface area contributed by atoms with E-state index in [0.717, 1.165) is 24.5 Å². The Morgan fingerprint density at radius 2 is 2.14 bits per heavy atom. The van der Waals surface area contributed by atoms with E-state index in [-0.39, 0.29) is 45.9 Å². The molecule has 3 fully saturated rings. The number of carbonyl (C=O) groups is 4. The van der Waals surface area contributed by atoms with Crippen LogP contribution in [0.15, 0.2) is 41.7 Å². The van der Waals surface area contributed by atoms with Gasteiger partial charge in [0.05, 0.1) is 0 Å². The third-order valence-electron chi connectivity index (χ3n) is 7.60. The molecule has 0 spiro atoms. The molecule has 0 unspecified atom stereocenters. The molecule has 0 aromatic carbocycles. The smallest absolute Gasteiger partial charge is 0.453 e. The number of nitrogen functional groups attached to an aromatic ring is 1. The lowest BCUT2D eigenvalue weighted by Crippen LogP contribution is -2.71. The molecule has 2 aromatic rings. The van der Waals surface area contributed by atoms with Crippen LogP contribution in [0.5, 0.6) is 0 Å². The predicted molar refractivity (Wildman–Crippen MR) is 152 cm³/mol. The lowest BCUT2D eigenvalue weighted by Gasteiger charge is -2.49. The summed E-state index contributed by atoms with van der Waals surface area (Å²) in [4.78, 5) is 71.3. The van der Waals surface area contributed by atoms with Gasteiger partial charge in [-0.1, -0.05) is 5.16 Å². The zero-order valence-corrected chi connectivity index (χ0v) is 24.7. The molecule has 0 bridgehead atoms. The van der Waals surface area contributed by atoms with Crippen LogP contribution < -0.4 is 22.2 Å². The minimum absolute atomic E-state index is 0.00422. The molecule has 3 amide bonds. The average molecular weight is 647 g/mol. The summed E-state index contributed by atoms with van der Waals surface area (Å²) in [5, 5.41) is 17.4. The van der Waals surface area contributed by atoms with Gasteiger partial charge in [0, 0.05) is 42.0 Å². The van der Waals surface area contributed by atoms with Gasteiger partial charge < -0.3 is 40.0 Å². The van der Waals surface area contributed by atoms with Crippen molar-refractivity contribution in [3.8, 4) is 0 Å². The van der Waals surface area contributed by atoms with Crippen LogP contribution >= 0.6 is 23.3 Å². The first-order chi connectivity index (χ1) is 21.2. The molecule has 4 aliphatic rings. The fourth-order valence-corrected chi connectivity index (χ4v) is 7.15. The highest BCUT2D eigenvalue weighted by Gasteiger charge is 2.55. The van der Waals surface area contributed by atoms with E-state index in [2.05, 4.69) is 25.1 Å². The summed E-state index contributed by atoms with van der Waals surface area (Å²) in [6.45, 7) is 3.12. The Balaban J connectivity index is 1.25. The van der Waals surface area contributed by atoms with Crippen LogP contribution in [0.4, 0.5) is 5.13 Å². The number of carbonyl (C=O) groups excluding carboxylic acids is 4. The number of ether oxygens (including phenoxy) is 1. The molecule has 0 aliphatic carbocycles. The first-order valence-electron chi connectivity index (χ1n) is 13.4. The quantitative estimate of drug-likeness (QED) is 0.0677. The monoisotopic (exact) mass is 646 g/mol. The third kappa shape index (κ3) is 5.37. The highest BCUT2D eigenvalue weighted by atomic mass is 32.2. The number of fused-ring (bicyclic) bond motifs is 1. The van der Waals surface area contributed by atoms with Gasteiger partial charge in [-0.2, -0.15) is 9.36 Å². The number of hydrogen-bond acceptors (Lipinski definition) is 16. The predicted octanol–water partition coefficient (Wildman–Crippen LogP) is -0.929. The van der Waals surface area contributed by atoms with E-state index in [0.29, 0.717) is 30.7 Å². The maximum absolute atomic E-state index is 13.5. The number of aryl methyl sites for hydroxylation is 1. The number of esters is 1. The van der Waals surface area contributed by atoms with E-state index < -0.39 is 47.3 Å². The van der Waals surface area contributed by atoms with Crippen molar-refractivity contribution in [3.05, 3.63) is 50.9 Å². The number of nitrogens with one attached hydrogen (secondary N) is 2. The zero-order valence-electron chi connectivity index (χ0n) is 23.1. The number of rotatable bonds is 8. The van der Waals surface area contributed by atoms with Crippen molar-refractivity contribution in [3.63, 3.8) is 0 Å². The summed E-state index contributed by atoms with van der Waals surface area (Å²) < 4.78 is 19.0. The van der Waals surface area contributed by atoms with Crippen LogP contribution in [0, 0.1) is 6.92 Å². The maximum atomic E-state index is 13.5. The number of allylic oxidation sites excluding steroid dienone is 1. The molecule has 6 rings (SSSR count). The molecule has 44 heavy (non-hydrogen) atoms. The second kappa shape index (κ2) is 11.9. The normalized spacial score (nSPS) is 24.6. The summed E-state index contributed by atoms with van der Waals surface area (Å²) in [5.74, 6) is -3.41. The van der Waals surface area contributed by atoms with Gasteiger partial charge >= 0.3 is 11.8 Å². The molecule has 4 aliphatic heterocycles. The molecular weight excluding hydrogens is 620 g/mol. The average Bonchev–Trinajstić information content (AvgIpc) is 3.80. The van der Waals surface area contributed by atoms with Crippen LogP contribution in [0.3, 0.4) is 0 Å². The number of anilines is 1. The topological polar surface area (TPSA) is 236 Å². The van der Waals surface area contributed by atoms with E-state index in [9.17, 15) is 29.2 Å². The SMILES string of the molecule is Cc1oc(=O)oc1COC(=O)C1=C(C=C2CCN([C@@H]3CCNC3)C2=O)CS[C@@H]2[C@H](NC(=O)C(=NO)c3nsc(N)n3)C(=O)N12. The largest absolute Gasteiger partial charge is 0.519 e. The highest BCUT2D eigenvalue weighted by molar-refractivity contribution is 8.00. The molecule has 19 heteroatoms. The summed E-state index contributed by atoms with van der Waals surface area (Å²) in [5.41, 5.74) is 5.83. The van der Waals surface area contributed by atoms with Crippen molar-refractivity contribution in [1.29, 1.82) is 0 Å². The van der Waals surface area contributed by atoms with E-state index >= 15 is 0 Å². The number of β-lactam (4-membered cyclic amide) rings is 1. The van der Waals surface area contributed by atoms with E-state index in [1.54, 1.807) is 6.08 Å². The van der Waals surface area contributed by atoms with Gasteiger partial charge in [-0.3, -0.25) is 19.3 Å². The molecule has 232 valence electrons. The number of nitrogens with zero attached hydrogens (tertiary/aromatic N) is 5. The lowest BCUT2D eigenvalue weighted by atomic mass is 10.0. The molecule has 6 heterocycles. The first kappa shape index (κ1) is 29.6. The highest BCUT2D eigenvalue weighted by Crippen LogP contribution is 2.42. The van der Waals surface area contributed by atoms with Crippen molar-refractivity contribution in [1.82, 2.24) is 29.8 Å². The van der Waals surface area contributed by atoms with Crippen molar-refractivity contribution >= 4 is 57.8 Å². The summed E-state index contributed by atoms with van der Waals surface area (Å²) in [6, 6.07) is -1.00. The maximum Gasteiger partial charge on any atom is 0.519 e. The van der Waals surface area contributed by atoms with Crippen LogP contribution in [0.2, 0.25) is 0 Å². The minimum Gasteiger partial charge on any atom is -0.453 e. The number of likely N-dealkylation sites (tertiary alicyclic amines) is 1. The number of oxime groups is 1. The van der Waals surface area contributed by atoms with Crippen molar-refractivity contribution in [2.45, 2.75) is 43.8 Å². The number of thioether (sulfide) groups is 1. The molecule has 3 saturated heterocycles. The molecule has 0 saturated carbocycles. The fraction of sp³-hybridized carbons (Fsp3) is 0.440. The zero-order chi connectivity index (χ0) is 31.1. The van der Waals surface area contributed by atoms with E-state index in [1.807, 2.05) is 4.90 Å². The standard InChI is InChI=1S/C25H26N8O9S2/c1-10-14(42-25(38)41-10)8-40-23(37)17-12(6-11-3-5-32(20(11)35)13-2-4-27-7-13)9-43-22-16(21(36)33(17)22)28-19(34)15(30-39)18-29-24(26)44-31-18/h6,13,16,22,27,39H,2-5,7-9H2,1H3,(H,28,34)(H2,26,29,31)/t13-,16-,22-/m1/s1. The van der Waals surface area contributed by atoms with Gasteiger partial charge in [0.25, 0.3) is 11.8 Å². The third-order valence-corrected chi connectivity index (χ3v) is 9.44. The van der Waals surface area contributed by atoms with Crippen LogP contribution in [0.1, 0.15) is 30.2 Å². The van der Waals surface area contributed by atoms with Crippen molar-refractivity contribution in [2.75, 3.05) is 31.1 Å². The van der Waals surface area contributed by atoms with Crippen molar-refractivity contribution in [2.24, 2.45) is 5.16 Å². The molecular formula is C25H26N8O9S2. The second-order valence-corrected chi connectivity index (χ2v) is 12.1. The number of amides is 3.